The number of benzene rings is 1. The summed E-state index contributed by atoms with van der Waals surface area (Å²) in [4.78, 5) is 2.24. The molecule has 1 fully saturated rings. The molecular weight excluding hydrogens is 242 g/mol. The van der Waals surface area contributed by atoms with Crippen LogP contribution in [0.15, 0.2) is 18.2 Å². The molecule has 1 aromatic rings. The van der Waals surface area contributed by atoms with Crippen LogP contribution < -0.4 is 10.1 Å². The highest BCUT2D eigenvalue weighted by atomic mass is 16.5. The topological polar surface area (TPSA) is 57.5 Å². The monoisotopic (exact) mass is 261 g/mol. The number of rotatable bonds is 4. The number of anilines is 1. The molecule has 0 saturated carbocycles. The van der Waals surface area contributed by atoms with Crippen molar-refractivity contribution in [2.75, 3.05) is 45.7 Å². The fourth-order valence-corrected chi connectivity index (χ4v) is 2.18. The van der Waals surface area contributed by atoms with E-state index >= 15 is 0 Å². The molecule has 0 aromatic heterocycles. The van der Waals surface area contributed by atoms with Crippen LogP contribution in [0.2, 0.25) is 0 Å². The van der Waals surface area contributed by atoms with Crippen molar-refractivity contribution in [3.8, 4) is 11.8 Å². The third kappa shape index (κ3) is 3.37. The SMILES string of the molecule is COc1cccc(C#N)c1NCC1CN(C)CCO1. The van der Waals surface area contributed by atoms with Gasteiger partial charge in [-0.3, -0.25) is 0 Å². The lowest BCUT2D eigenvalue weighted by molar-refractivity contribution is -0.0117. The molecule has 1 heterocycles. The molecule has 1 N–H and O–H groups in total. The van der Waals surface area contributed by atoms with Crippen molar-refractivity contribution in [3.63, 3.8) is 0 Å². The zero-order valence-electron chi connectivity index (χ0n) is 11.3. The molecule has 102 valence electrons. The van der Waals surface area contributed by atoms with Gasteiger partial charge in [0.2, 0.25) is 0 Å². The number of ether oxygens (including phenoxy) is 2. The lowest BCUT2D eigenvalue weighted by atomic mass is 10.1. The number of methoxy groups -OCH3 is 1. The smallest absolute Gasteiger partial charge is 0.143 e. The lowest BCUT2D eigenvalue weighted by Crippen LogP contribution is -2.43. The quantitative estimate of drug-likeness (QED) is 0.885. The molecule has 0 amide bonds. The Bertz CT molecular complexity index is 470. The number of para-hydroxylation sites is 1. The van der Waals surface area contributed by atoms with E-state index in [0.29, 0.717) is 17.9 Å². The first-order chi connectivity index (χ1) is 9.24. The summed E-state index contributed by atoms with van der Waals surface area (Å²) in [5, 5.41) is 12.4. The Hall–Kier alpha value is -1.77. The Balaban J connectivity index is 2.04. The molecule has 1 aliphatic rings. The number of nitrogens with one attached hydrogen (secondary N) is 1. The standard InChI is InChI=1S/C14H19N3O2/c1-17-6-7-19-12(10-17)9-16-14-11(8-15)4-3-5-13(14)18-2/h3-5,12,16H,6-7,9-10H2,1-2H3. The second kappa shape index (κ2) is 6.41. The molecule has 5 nitrogen and oxygen atoms in total. The summed E-state index contributed by atoms with van der Waals surface area (Å²) < 4.78 is 11.0. The van der Waals surface area contributed by atoms with Gasteiger partial charge in [0.25, 0.3) is 0 Å². The van der Waals surface area contributed by atoms with E-state index in [1.807, 2.05) is 12.1 Å². The first-order valence-corrected chi connectivity index (χ1v) is 6.35. The van der Waals surface area contributed by atoms with Crippen LogP contribution in [0.5, 0.6) is 5.75 Å². The summed E-state index contributed by atoms with van der Waals surface area (Å²) in [7, 11) is 3.69. The maximum atomic E-state index is 9.13. The first-order valence-electron chi connectivity index (χ1n) is 6.35. The van der Waals surface area contributed by atoms with E-state index in [4.69, 9.17) is 14.7 Å². The summed E-state index contributed by atoms with van der Waals surface area (Å²) in [5.74, 6) is 0.684. The Kier molecular flexibility index (Phi) is 4.61. The number of nitriles is 1. The molecule has 0 aliphatic carbocycles. The van der Waals surface area contributed by atoms with Gasteiger partial charge in [0.1, 0.15) is 11.8 Å². The van der Waals surface area contributed by atoms with Gasteiger partial charge in [-0.2, -0.15) is 5.26 Å². The molecule has 1 atom stereocenters. The molecular formula is C14H19N3O2. The van der Waals surface area contributed by atoms with Gasteiger partial charge < -0.3 is 19.7 Å². The van der Waals surface area contributed by atoms with Crippen molar-refractivity contribution in [3.05, 3.63) is 23.8 Å². The van der Waals surface area contributed by atoms with Gasteiger partial charge in [-0.25, -0.2) is 0 Å². The molecule has 1 aliphatic heterocycles. The Morgan fingerprint density at radius 1 is 1.58 bits per heavy atom. The number of morpholine rings is 1. The van der Waals surface area contributed by atoms with Gasteiger partial charge in [-0.1, -0.05) is 6.07 Å². The summed E-state index contributed by atoms with van der Waals surface area (Å²) in [6.07, 6.45) is 0.134. The van der Waals surface area contributed by atoms with Crippen LogP contribution in [0.1, 0.15) is 5.56 Å². The predicted octanol–water partition coefficient (Wildman–Crippen LogP) is 1.31. The van der Waals surface area contributed by atoms with Crippen LogP contribution >= 0.6 is 0 Å². The van der Waals surface area contributed by atoms with E-state index in [1.165, 1.54) is 0 Å². The van der Waals surface area contributed by atoms with Gasteiger partial charge in [-0.05, 0) is 19.2 Å². The van der Waals surface area contributed by atoms with E-state index in [0.717, 1.165) is 25.4 Å². The summed E-state index contributed by atoms with van der Waals surface area (Å²) in [6.45, 7) is 3.28. The zero-order valence-corrected chi connectivity index (χ0v) is 11.3. The highest BCUT2D eigenvalue weighted by Gasteiger charge is 2.18. The summed E-state index contributed by atoms with van der Waals surface area (Å²) in [5.41, 5.74) is 1.33. The summed E-state index contributed by atoms with van der Waals surface area (Å²) in [6, 6.07) is 7.61. The largest absolute Gasteiger partial charge is 0.495 e. The van der Waals surface area contributed by atoms with E-state index in [9.17, 15) is 0 Å². The molecule has 1 saturated heterocycles. The molecule has 0 spiro atoms. The molecule has 1 unspecified atom stereocenters. The van der Waals surface area contributed by atoms with Crippen molar-refractivity contribution < 1.29 is 9.47 Å². The van der Waals surface area contributed by atoms with E-state index < -0.39 is 0 Å². The zero-order chi connectivity index (χ0) is 13.7. The Morgan fingerprint density at radius 3 is 3.11 bits per heavy atom. The van der Waals surface area contributed by atoms with Gasteiger partial charge in [-0.15, -0.1) is 0 Å². The number of hydrogen-bond acceptors (Lipinski definition) is 5. The van der Waals surface area contributed by atoms with Crippen molar-refractivity contribution in [2.24, 2.45) is 0 Å². The average Bonchev–Trinajstić information content (AvgIpc) is 2.44. The molecule has 1 aromatic carbocycles. The third-order valence-electron chi connectivity index (χ3n) is 3.21. The normalized spacial score (nSPS) is 19.7. The van der Waals surface area contributed by atoms with Crippen LogP contribution in [0.4, 0.5) is 5.69 Å². The van der Waals surface area contributed by atoms with Crippen LogP contribution in [0.25, 0.3) is 0 Å². The van der Waals surface area contributed by atoms with Crippen LogP contribution in [0.3, 0.4) is 0 Å². The lowest BCUT2D eigenvalue weighted by Gasteiger charge is -2.30. The highest BCUT2D eigenvalue weighted by Crippen LogP contribution is 2.27. The Morgan fingerprint density at radius 2 is 2.42 bits per heavy atom. The van der Waals surface area contributed by atoms with Crippen molar-refractivity contribution >= 4 is 5.69 Å². The molecule has 2 rings (SSSR count). The van der Waals surface area contributed by atoms with Crippen LogP contribution in [-0.2, 0) is 4.74 Å². The van der Waals surface area contributed by atoms with E-state index in [1.54, 1.807) is 13.2 Å². The summed E-state index contributed by atoms with van der Waals surface area (Å²) >= 11 is 0. The minimum absolute atomic E-state index is 0.134. The molecule has 0 bridgehead atoms. The number of likely N-dealkylation sites (N-methyl/N-ethyl adjacent to an activating group) is 1. The van der Waals surface area contributed by atoms with Gasteiger partial charge in [0, 0.05) is 19.6 Å². The second-order valence-electron chi connectivity index (χ2n) is 4.63. The molecule has 0 radical (unpaired) electrons. The third-order valence-corrected chi connectivity index (χ3v) is 3.21. The van der Waals surface area contributed by atoms with E-state index in [-0.39, 0.29) is 6.10 Å². The minimum atomic E-state index is 0.134. The fraction of sp³-hybridized carbons (Fsp3) is 0.500. The molecule has 5 heteroatoms. The number of nitrogens with zero attached hydrogens (tertiary/aromatic N) is 2. The fourth-order valence-electron chi connectivity index (χ4n) is 2.18. The minimum Gasteiger partial charge on any atom is -0.495 e. The molecule has 19 heavy (non-hydrogen) atoms. The Labute approximate surface area is 113 Å². The van der Waals surface area contributed by atoms with Crippen molar-refractivity contribution in [1.29, 1.82) is 5.26 Å². The second-order valence-corrected chi connectivity index (χ2v) is 4.63. The van der Waals surface area contributed by atoms with Crippen LogP contribution in [-0.4, -0.2) is 51.4 Å². The maximum absolute atomic E-state index is 9.13. The van der Waals surface area contributed by atoms with Gasteiger partial charge >= 0.3 is 0 Å². The maximum Gasteiger partial charge on any atom is 0.143 e. The first kappa shape index (κ1) is 13.7. The van der Waals surface area contributed by atoms with Crippen LogP contribution in [0, 0.1) is 11.3 Å². The van der Waals surface area contributed by atoms with Gasteiger partial charge in [0.15, 0.2) is 0 Å². The van der Waals surface area contributed by atoms with E-state index in [2.05, 4.69) is 23.3 Å². The highest BCUT2D eigenvalue weighted by molar-refractivity contribution is 5.66. The van der Waals surface area contributed by atoms with Crippen molar-refractivity contribution in [2.45, 2.75) is 6.10 Å². The van der Waals surface area contributed by atoms with Gasteiger partial charge in [0.05, 0.1) is 31.1 Å². The average molecular weight is 261 g/mol. The van der Waals surface area contributed by atoms with Crippen molar-refractivity contribution in [1.82, 2.24) is 4.90 Å². The predicted molar refractivity (Wildman–Crippen MR) is 73.4 cm³/mol. The number of hydrogen-bond donors (Lipinski definition) is 1.